The molecule has 0 atom stereocenters. The van der Waals surface area contributed by atoms with Gasteiger partial charge in [0.05, 0.1) is 7.05 Å². The molecule has 1 aromatic heterocycles. The molecule has 0 aliphatic rings. The Morgan fingerprint density at radius 2 is 2.27 bits per heavy atom. The van der Waals surface area contributed by atoms with Crippen LogP contribution in [-0.4, -0.2) is 14.5 Å². The minimum atomic E-state index is -0.516. The molecule has 0 aromatic carbocycles. The largest absolute Gasteiger partial charge is 0.435 e. The van der Waals surface area contributed by atoms with Crippen molar-refractivity contribution < 1.29 is 4.92 Å². The van der Waals surface area contributed by atoms with E-state index < -0.39 is 4.92 Å². The molecular weight excluding hydrogens is 214 g/mol. The van der Waals surface area contributed by atoms with Gasteiger partial charge in [0, 0.05) is 0 Å². The number of nitro groups is 1. The smallest absolute Gasteiger partial charge is 0.390 e. The average molecular weight is 220 g/mol. The van der Waals surface area contributed by atoms with Crippen LogP contribution in [0.2, 0.25) is 0 Å². The number of halogens is 1. The van der Waals surface area contributed by atoms with Gasteiger partial charge in [-0.2, -0.15) is 0 Å². The Balaban J connectivity index is 3.29. The second-order valence-electron chi connectivity index (χ2n) is 2.10. The number of aromatic nitrogens is 2. The maximum Gasteiger partial charge on any atom is 0.435 e. The van der Waals surface area contributed by atoms with Gasteiger partial charge < -0.3 is 10.1 Å². The fourth-order valence-corrected chi connectivity index (χ4v) is 1.12. The Labute approximate surface area is 71.3 Å². The highest BCUT2D eigenvalue weighted by Crippen LogP contribution is 2.19. The van der Waals surface area contributed by atoms with E-state index in [4.69, 9.17) is 0 Å². The van der Waals surface area contributed by atoms with Crippen LogP contribution in [0.4, 0.5) is 5.95 Å². The first-order valence-electron chi connectivity index (χ1n) is 2.87. The Morgan fingerprint density at radius 3 is 2.45 bits per heavy atom. The summed E-state index contributed by atoms with van der Waals surface area (Å²) in [6.07, 6.45) is 0. The van der Waals surface area contributed by atoms with Gasteiger partial charge in [0.1, 0.15) is 5.69 Å². The van der Waals surface area contributed by atoms with Gasteiger partial charge >= 0.3 is 5.95 Å². The average Bonchev–Trinajstić information content (AvgIpc) is 2.17. The second-order valence-corrected chi connectivity index (χ2v) is 2.86. The molecule has 0 amide bonds. The topological polar surface area (TPSA) is 61.0 Å². The van der Waals surface area contributed by atoms with Gasteiger partial charge in [0.2, 0.25) is 4.60 Å². The minimum absolute atomic E-state index is 0.144. The first kappa shape index (κ1) is 8.19. The van der Waals surface area contributed by atoms with Crippen LogP contribution in [0.3, 0.4) is 0 Å². The molecule has 5 nitrogen and oxygen atoms in total. The van der Waals surface area contributed by atoms with E-state index in [-0.39, 0.29) is 5.95 Å². The van der Waals surface area contributed by atoms with E-state index in [0.29, 0.717) is 4.60 Å². The van der Waals surface area contributed by atoms with Crippen LogP contribution in [0.15, 0.2) is 4.60 Å². The van der Waals surface area contributed by atoms with Crippen LogP contribution < -0.4 is 0 Å². The lowest BCUT2D eigenvalue weighted by molar-refractivity contribution is -0.396. The molecule has 0 N–H and O–H groups in total. The van der Waals surface area contributed by atoms with E-state index in [1.54, 1.807) is 14.0 Å². The van der Waals surface area contributed by atoms with Crippen LogP contribution >= 0.6 is 15.9 Å². The molecule has 60 valence electrons. The summed E-state index contributed by atoms with van der Waals surface area (Å²) in [5, 5.41) is 10.3. The van der Waals surface area contributed by atoms with Gasteiger partial charge in [-0.05, 0) is 27.8 Å². The molecule has 1 rings (SSSR count). The molecule has 0 unspecified atom stereocenters. The Hall–Kier alpha value is -0.910. The molecule has 0 spiro atoms. The summed E-state index contributed by atoms with van der Waals surface area (Å²) in [6, 6.07) is 0. The van der Waals surface area contributed by atoms with Crippen molar-refractivity contribution in [2.45, 2.75) is 6.92 Å². The predicted octanol–water partition coefficient (Wildman–Crippen LogP) is 1.40. The third-order valence-corrected chi connectivity index (χ3v) is 2.21. The highest BCUT2D eigenvalue weighted by Gasteiger charge is 2.19. The van der Waals surface area contributed by atoms with E-state index in [1.807, 2.05) is 0 Å². The molecule has 0 aliphatic heterocycles. The lowest BCUT2D eigenvalue weighted by atomic mass is 10.5. The quantitative estimate of drug-likeness (QED) is 0.530. The molecule has 11 heavy (non-hydrogen) atoms. The molecular formula is C5H6BrN3O2. The summed E-state index contributed by atoms with van der Waals surface area (Å²) in [5.41, 5.74) is 0.747. The van der Waals surface area contributed by atoms with E-state index in [9.17, 15) is 10.1 Å². The van der Waals surface area contributed by atoms with Crippen molar-refractivity contribution >= 4 is 21.9 Å². The second kappa shape index (κ2) is 2.61. The minimum Gasteiger partial charge on any atom is -0.390 e. The fraction of sp³-hybridized carbons (Fsp3) is 0.400. The van der Waals surface area contributed by atoms with Gasteiger partial charge in [-0.1, -0.05) is 4.98 Å². The van der Waals surface area contributed by atoms with Gasteiger partial charge in [0.25, 0.3) is 0 Å². The maximum atomic E-state index is 10.3. The third kappa shape index (κ3) is 1.25. The molecule has 0 saturated carbocycles. The molecule has 0 saturated heterocycles. The van der Waals surface area contributed by atoms with E-state index >= 15 is 0 Å². The number of hydrogen-bond donors (Lipinski definition) is 0. The van der Waals surface area contributed by atoms with E-state index in [1.165, 1.54) is 4.57 Å². The predicted molar refractivity (Wildman–Crippen MR) is 42.3 cm³/mol. The van der Waals surface area contributed by atoms with Gasteiger partial charge in [-0.15, -0.1) is 0 Å². The van der Waals surface area contributed by atoms with Gasteiger partial charge in [-0.25, -0.2) is 4.57 Å². The molecule has 1 aromatic rings. The summed E-state index contributed by atoms with van der Waals surface area (Å²) in [5.74, 6) is -0.144. The van der Waals surface area contributed by atoms with Crippen LogP contribution in [0.5, 0.6) is 0 Å². The molecule has 0 bridgehead atoms. The molecule has 1 heterocycles. The van der Waals surface area contributed by atoms with Gasteiger partial charge in [0.15, 0.2) is 0 Å². The van der Waals surface area contributed by atoms with Crippen molar-refractivity contribution in [3.05, 3.63) is 20.4 Å². The summed E-state index contributed by atoms with van der Waals surface area (Å²) < 4.78 is 1.94. The standard InChI is InChI=1S/C5H6BrN3O2/c1-3-4(6)7-5(8(3)2)9(10)11/h1-2H3. The SMILES string of the molecule is Cc1c(Br)nc([N+](=O)[O-])n1C. The Morgan fingerprint density at radius 1 is 1.73 bits per heavy atom. The van der Waals surface area contributed by atoms with Crippen molar-refractivity contribution in [3.8, 4) is 0 Å². The lowest BCUT2D eigenvalue weighted by Gasteiger charge is -1.93. The number of nitrogens with zero attached hydrogens (tertiary/aromatic N) is 3. The van der Waals surface area contributed by atoms with E-state index in [2.05, 4.69) is 20.9 Å². The zero-order valence-electron chi connectivity index (χ0n) is 6.04. The monoisotopic (exact) mass is 219 g/mol. The van der Waals surface area contributed by atoms with Crippen molar-refractivity contribution in [1.29, 1.82) is 0 Å². The molecule has 0 aliphatic carbocycles. The number of imidazole rings is 1. The zero-order chi connectivity index (χ0) is 8.59. The van der Waals surface area contributed by atoms with E-state index in [0.717, 1.165) is 5.69 Å². The van der Waals surface area contributed by atoms with Crippen LogP contribution in [0.25, 0.3) is 0 Å². The number of hydrogen-bond acceptors (Lipinski definition) is 3. The van der Waals surface area contributed by atoms with Crippen molar-refractivity contribution in [2.24, 2.45) is 7.05 Å². The first-order valence-corrected chi connectivity index (χ1v) is 3.66. The summed E-state index contributed by atoms with van der Waals surface area (Å²) in [6.45, 7) is 1.75. The Kier molecular flexibility index (Phi) is 1.95. The van der Waals surface area contributed by atoms with Crippen molar-refractivity contribution in [3.63, 3.8) is 0 Å². The molecule has 0 fully saturated rings. The summed E-state index contributed by atoms with van der Waals surface area (Å²) >= 11 is 3.10. The van der Waals surface area contributed by atoms with Crippen molar-refractivity contribution in [1.82, 2.24) is 9.55 Å². The highest BCUT2D eigenvalue weighted by atomic mass is 79.9. The van der Waals surface area contributed by atoms with Crippen LogP contribution in [-0.2, 0) is 7.05 Å². The lowest BCUT2D eigenvalue weighted by Crippen LogP contribution is -1.99. The van der Waals surface area contributed by atoms with Crippen LogP contribution in [0.1, 0.15) is 5.69 Å². The maximum absolute atomic E-state index is 10.3. The van der Waals surface area contributed by atoms with Gasteiger partial charge in [-0.3, -0.25) is 0 Å². The van der Waals surface area contributed by atoms with Crippen LogP contribution in [0, 0.1) is 17.0 Å². The molecule has 0 radical (unpaired) electrons. The van der Waals surface area contributed by atoms with Crippen molar-refractivity contribution in [2.75, 3.05) is 0 Å². The number of rotatable bonds is 1. The molecule has 6 heteroatoms. The summed E-state index contributed by atoms with van der Waals surface area (Å²) in [4.78, 5) is 13.5. The Bertz CT molecular complexity index is 307. The third-order valence-electron chi connectivity index (χ3n) is 1.46. The highest BCUT2D eigenvalue weighted by molar-refractivity contribution is 9.10. The normalized spacial score (nSPS) is 10.1. The fourth-order valence-electron chi connectivity index (χ4n) is 0.695. The first-order chi connectivity index (χ1) is 5.04. The zero-order valence-corrected chi connectivity index (χ0v) is 7.62. The summed E-state index contributed by atoms with van der Waals surface area (Å²) in [7, 11) is 1.60.